The standard InChI is InChI=1S/C23H26ClN5S/c1-18-3-2-4-20(15-18)16-27-11-13-28(14-12-27)23(30)25-22-9-10-29(26-22)17-19-5-7-21(24)8-6-19/h2-10,15H,11-14,16-17H2,1H3,(H,25,26,30). The summed E-state index contributed by atoms with van der Waals surface area (Å²) in [5.41, 5.74) is 3.84. The molecule has 4 rings (SSSR count). The normalized spacial score (nSPS) is 14.7. The van der Waals surface area contributed by atoms with E-state index in [2.05, 4.69) is 51.4 Å². The molecule has 0 unspecified atom stereocenters. The van der Waals surface area contributed by atoms with E-state index in [1.807, 2.05) is 41.2 Å². The summed E-state index contributed by atoms with van der Waals surface area (Å²) in [6.45, 7) is 7.67. The smallest absolute Gasteiger partial charge is 0.174 e. The van der Waals surface area contributed by atoms with Crippen molar-refractivity contribution in [1.29, 1.82) is 0 Å². The summed E-state index contributed by atoms with van der Waals surface area (Å²) in [5, 5.41) is 9.35. The fourth-order valence-corrected chi connectivity index (χ4v) is 4.07. The third-order valence-electron chi connectivity index (χ3n) is 5.28. The molecule has 1 N–H and O–H groups in total. The monoisotopic (exact) mass is 439 g/mol. The van der Waals surface area contributed by atoms with E-state index in [9.17, 15) is 0 Å². The van der Waals surface area contributed by atoms with Crippen LogP contribution in [0.25, 0.3) is 0 Å². The molecule has 0 saturated carbocycles. The van der Waals surface area contributed by atoms with Crippen LogP contribution in [0.5, 0.6) is 0 Å². The molecule has 0 amide bonds. The highest BCUT2D eigenvalue weighted by Gasteiger charge is 2.19. The predicted octanol–water partition coefficient (Wildman–Crippen LogP) is 4.41. The summed E-state index contributed by atoms with van der Waals surface area (Å²) < 4.78 is 1.90. The van der Waals surface area contributed by atoms with Crippen LogP contribution in [0.3, 0.4) is 0 Å². The zero-order valence-electron chi connectivity index (χ0n) is 17.1. The van der Waals surface area contributed by atoms with Crippen LogP contribution in [-0.4, -0.2) is 50.9 Å². The quantitative estimate of drug-likeness (QED) is 0.596. The minimum atomic E-state index is 0.698. The Balaban J connectivity index is 1.26. The van der Waals surface area contributed by atoms with Gasteiger partial charge in [0.05, 0.1) is 6.54 Å². The van der Waals surface area contributed by atoms with E-state index in [0.717, 1.165) is 54.2 Å². The molecule has 0 radical (unpaired) electrons. The van der Waals surface area contributed by atoms with Crippen molar-refractivity contribution in [3.8, 4) is 0 Å². The molecular weight excluding hydrogens is 414 g/mol. The molecule has 1 fully saturated rings. The first-order valence-corrected chi connectivity index (χ1v) is 11.0. The predicted molar refractivity (Wildman–Crippen MR) is 127 cm³/mol. The van der Waals surface area contributed by atoms with Gasteiger partial charge in [-0.3, -0.25) is 9.58 Å². The molecule has 2 aromatic carbocycles. The average molecular weight is 440 g/mol. The summed E-state index contributed by atoms with van der Waals surface area (Å²) in [6, 6.07) is 18.5. The molecule has 3 aromatic rings. The van der Waals surface area contributed by atoms with Gasteiger partial charge in [0.1, 0.15) is 0 Å². The molecule has 7 heteroatoms. The maximum absolute atomic E-state index is 5.95. The van der Waals surface area contributed by atoms with E-state index in [-0.39, 0.29) is 0 Å². The highest BCUT2D eigenvalue weighted by molar-refractivity contribution is 7.80. The molecule has 0 spiro atoms. The maximum atomic E-state index is 5.95. The Labute approximate surface area is 188 Å². The Kier molecular flexibility index (Phi) is 6.67. The van der Waals surface area contributed by atoms with Crippen LogP contribution in [0.1, 0.15) is 16.7 Å². The molecule has 156 valence electrons. The molecule has 30 heavy (non-hydrogen) atoms. The van der Waals surface area contributed by atoms with Crippen molar-refractivity contribution in [2.24, 2.45) is 0 Å². The van der Waals surface area contributed by atoms with Crippen LogP contribution in [0, 0.1) is 6.92 Å². The molecule has 2 heterocycles. The van der Waals surface area contributed by atoms with Gasteiger partial charge in [0.25, 0.3) is 0 Å². The fraction of sp³-hybridized carbons (Fsp3) is 0.304. The van der Waals surface area contributed by atoms with Gasteiger partial charge in [-0.1, -0.05) is 53.6 Å². The first-order chi connectivity index (χ1) is 14.5. The van der Waals surface area contributed by atoms with Gasteiger partial charge in [-0.25, -0.2) is 0 Å². The number of thiocarbonyl (C=S) groups is 1. The number of halogens is 1. The zero-order valence-corrected chi connectivity index (χ0v) is 18.7. The number of rotatable bonds is 5. The summed E-state index contributed by atoms with van der Waals surface area (Å²) in [4.78, 5) is 4.70. The van der Waals surface area contributed by atoms with Crippen molar-refractivity contribution >= 4 is 34.7 Å². The second-order valence-corrected chi connectivity index (χ2v) is 8.53. The van der Waals surface area contributed by atoms with Crippen LogP contribution in [0.2, 0.25) is 5.02 Å². The first-order valence-electron chi connectivity index (χ1n) is 10.2. The van der Waals surface area contributed by atoms with E-state index in [1.54, 1.807) is 0 Å². The maximum Gasteiger partial charge on any atom is 0.174 e. The Hall–Kier alpha value is -2.41. The van der Waals surface area contributed by atoms with E-state index in [1.165, 1.54) is 11.1 Å². The lowest BCUT2D eigenvalue weighted by Crippen LogP contribution is -2.49. The summed E-state index contributed by atoms with van der Waals surface area (Å²) >= 11 is 11.6. The summed E-state index contributed by atoms with van der Waals surface area (Å²) in [6.07, 6.45) is 1.96. The number of aromatic nitrogens is 2. The van der Waals surface area contributed by atoms with Gasteiger partial charge in [-0.05, 0) is 42.4 Å². The van der Waals surface area contributed by atoms with Crippen molar-refractivity contribution < 1.29 is 0 Å². The lowest BCUT2D eigenvalue weighted by atomic mass is 10.1. The first kappa shape index (κ1) is 20.8. The molecule has 1 aliphatic heterocycles. The Morgan fingerprint density at radius 3 is 2.50 bits per heavy atom. The summed E-state index contributed by atoms with van der Waals surface area (Å²) in [5.74, 6) is 0.774. The van der Waals surface area contributed by atoms with Crippen LogP contribution in [0.15, 0.2) is 60.8 Å². The number of nitrogens with zero attached hydrogens (tertiary/aromatic N) is 4. The molecule has 1 aliphatic rings. The number of hydrogen-bond acceptors (Lipinski definition) is 3. The molecule has 0 aliphatic carbocycles. The number of anilines is 1. The van der Waals surface area contributed by atoms with Crippen molar-refractivity contribution in [2.75, 3.05) is 31.5 Å². The highest BCUT2D eigenvalue weighted by Crippen LogP contribution is 2.14. The number of benzene rings is 2. The molecule has 0 atom stereocenters. The van der Waals surface area contributed by atoms with Gasteiger partial charge >= 0.3 is 0 Å². The van der Waals surface area contributed by atoms with Crippen LogP contribution in [-0.2, 0) is 13.1 Å². The van der Waals surface area contributed by atoms with Crippen molar-refractivity contribution in [2.45, 2.75) is 20.0 Å². The third kappa shape index (κ3) is 5.59. The van der Waals surface area contributed by atoms with E-state index in [0.29, 0.717) is 6.54 Å². The molecule has 1 aromatic heterocycles. The Bertz CT molecular complexity index is 993. The minimum Gasteiger partial charge on any atom is -0.346 e. The van der Waals surface area contributed by atoms with Gasteiger partial charge in [0.15, 0.2) is 10.9 Å². The second kappa shape index (κ2) is 9.60. The SMILES string of the molecule is Cc1cccc(CN2CCN(C(=S)Nc3ccn(Cc4ccc(Cl)cc4)n3)CC2)c1. The number of aryl methyl sites for hydroxylation is 1. The van der Waals surface area contributed by atoms with Gasteiger partial charge in [0.2, 0.25) is 0 Å². The lowest BCUT2D eigenvalue weighted by Gasteiger charge is -2.36. The Morgan fingerprint density at radius 1 is 1.00 bits per heavy atom. The third-order valence-corrected chi connectivity index (χ3v) is 5.89. The van der Waals surface area contributed by atoms with E-state index in [4.69, 9.17) is 23.8 Å². The van der Waals surface area contributed by atoms with Crippen molar-refractivity contribution in [3.05, 3.63) is 82.5 Å². The second-order valence-electron chi connectivity index (χ2n) is 7.71. The minimum absolute atomic E-state index is 0.698. The summed E-state index contributed by atoms with van der Waals surface area (Å²) in [7, 11) is 0. The zero-order chi connectivity index (χ0) is 20.9. The van der Waals surface area contributed by atoms with E-state index >= 15 is 0 Å². The number of nitrogens with one attached hydrogen (secondary N) is 1. The molecular formula is C23H26ClN5S. The fourth-order valence-electron chi connectivity index (χ4n) is 3.66. The highest BCUT2D eigenvalue weighted by atomic mass is 35.5. The molecule has 1 saturated heterocycles. The Morgan fingerprint density at radius 2 is 1.77 bits per heavy atom. The lowest BCUT2D eigenvalue weighted by molar-refractivity contribution is 0.177. The number of piperazine rings is 1. The largest absolute Gasteiger partial charge is 0.346 e. The van der Waals surface area contributed by atoms with Gasteiger partial charge in [-0.15, -0.1) is 0 Å². The van der Waals surface area contributed by atoms with Crippen molar-refractivity contribution in [3.63, 3.8) is 0 Å². The van der Waals surface area contributed by atoms with Crippen LogP contribution >= 0.6 is 23.8 Å². The topological polar surface area (TPSA) is 36.3 Å². The number of hydrogen-bond donors (Lipinski definition) is 1. The van der Waals surface area contributed by atoms with Gasteiger partial charge < -0.3 is 10.2 Å². The van der Waals surface area contributed by atoms with Crippen molar-refractivity contribution in [1.82, 2.24) is 19.6 Å². The molecule has 0 bridgehead atoms. The van der Waals surface area contributed by atoms with E-state index < -0.39 is 0 Å². The van der Waals surface area contributed by atoms with Crippen LogP contribution < -0.4 is 5.32 Å². The van der Waals surface area contributed by atoms with Gasteiger partial charge in [-0.2, -0.15) is 5.10 Å². The van der Waals surface area contributed by atoms with Crippen LogP contribution in [0.4, 0.5) is 5.82 Å². The van der Waals surface area contributed by atoms with Gasteiger partial charge in [0, 0.05) is 50.0 Å². The average Bonchev–Trinajstić information content (AvgIpc) is 3.17. The molecule has 5 nitrogen and oxygen atoms in total.